The Hall–Kier alpha value is -3.85. The van der Waals surface area contributed by atoms with Gasteiger partial charge in [0.25, 0.3) is 0 Å². The first-order valence-corrected chi connectivity index (χ1v) is 13.6. The van der Waals surface area contributed by atoms with Crippen LogP contribution in [0.2, 0.25) is 0 Å². The highest BCUT2D eigenvalue weighted by atomic mass is 32.1. The zero-order valence-electron chi connectivity index (χ0n) is 20.5. The molecule has 4 heterocycles. The maximum atomic E-state index is 14.5. The summed E-state index contributed by atoms with van der Waals surface area (Å²) in [5.74, 6) is -0.162. The minimum absolute atomic E-state index is 0.321. The molecule has 0 saturated carbocycles. The van der Waals surface area contributed by atoms with E-state index in [1.165, 1.54) is 22.6 Å². The Morgan fingerprint density at radius 3 is 2.58 bits per heavy atom. The van der Waals surface area contributed by atoms with Crippen molar-refractivity contribution in [2.45, 2.75) is 38.3 Å². The number of carbonyl (C=O) groups excluding carboxylic acids is 1. The van der Waals surface area contributed by atoms with Crippen molar-refractivity contribution < 1.29 is 23.0 Å². The number of anilines is 1. The molecule has 38 heavy (non-hydrogen) atoms. The van der Waals surface area contributed by atoms with Crippen molar-refractivity contribution in [2.24, 2.45) is 0 Å². The molecule has 7 rings (SSSR count). The number of fused-ring (bicyclic) bond motifs is 6. The summed E-state index contributed by atoms with van der Waals surface area (Å²) in [7, 11) is 0. The normalized spacial score (nSPS) is 17.7. The second-order valence-electron chi connectivity index (χ2n) is 9.82. The summed E-state index contributed by atoms with van der Waals surface area (Å²) in [5.41, 5.74) is 4.13. The molecule has 2 aromatic heterocycles. The molecule has 1 N–H and O–H groups in total. The molecule has 1 atom stereocenters. The quantitative estimate of drug-likeness (QED) is 0.316. The molecule has 1 aliphatic carbocycles. The number of hydrogen-bond donors (Lipinski definition) is 1. The van der Waals surface area contributed by atoms with Crippen LogP contribution in [-0.2, 0) is 19.4 Å². The molecule has 0 spiro atoms. The van der Waals surface area contributed by atoms with Crippen molar-refractivity contribution in [3.63, 3.8) is 0 Å². The Bertz CT molecular complexity index is 1540. The first-order valence-electron chi connectivity index (χ1n) is 12.8. The van der Waals surface area contributed by atoms with Gasteiger partial charge >= 0.3 is 6.03 Å². The Labute approximate surface area is 222 Å². The van der Waals surface area contributed by atoms with Crippen LogP contribution < -0.4 is 14.8 Å². The number of rotatable bonds is 2. The van der Waals surface area contributed by atoms with E-state index in [0.717, 1.165) is 48.0 Å². The van der Waals surface area contributed by atoms with E-state index in [4.69, 9.17) is 9.47 Å². The fourth-order valence-corrected chi connectivity index (χ4v) is 7.19. The monoisotopic (exact) mass is 533 g/mol. The van der Waals surface area contributed by atoms with Gasteiger partial charge in [0.2, 0.25) is 0 Å². The van der Waals surface area contributed by atoms with E-state index in [9.17, 15) is 13.6 Å². The molecule has 0 bridgehead atoms. The number of halogens is 2. The van der Waals surface area contributed by atoms with E-state index in [1.54, 1.807) is 34.4 Å². The number of benzene rings is 2. The summed E-state index contributed by atoms with van der Waals surface area (Å²) in [5, 5.41) is 4.08. The lowest BCUT2D eigenvalue weighted by molar-refractivity contribution is 0.171. The zero-order chi connectivity index (χ0) is 25.8. The van der Waals surface area contributed by atoms with Gasteiger partial charge in [-0.3, -0.25) is 0 Å². The molecule has 4 aromatic rings. The van der Waals surface area contributed by atoms with Crippen LogP contribution >= 0.6 is 11.3 Å². The Kier molecular flexibility index (Phi) is 5.61. The number of thiophene rings is 1. The number of aryl methyl sites for hydroxylation is 1. The van der Waals surface area contributed by atoms with Crippen LogP contribution in [0.15, 0.2) is 54.7 Å². The van der Waals surface area contributed by atoms with E-state index >= 15 is 0 Å². The van der Waals surface area contributed by atoms with Crippen LogP contribution in [0.1, 0.15) is 46.1 Å². The van der Waals surface area contributed by atoms with Gasteiger partial charge in [0.1, 0.15) is 35.9 Å². The topological polar surface area (TPSA) is 55.7 Å². The van der Waals surface area contributed by atoms with E-state index in [2.05, 4.69) is 9.88 Å². The smallest absolute Gasteiger partial charge is 0.322 e. The van der Waals surface area contributed by atoms with Crippen molar-refractivity contribution in [2.75, 3.05) is 18.5 Å². The Morgan fingerprint density at radius 2 is 1.74 bits per heavy atom. The van der Waals surface area contributed by atoms with E-state index in [1.807, 2.05) is 18.3 Å². The predicted octanol–water partition coefficient (Wildman–Crippen LogP) is 6.60. The molecule has 6 nitrogen and oxygen atoms in total. The molecular formula is C29H25F2N3O3S. The maximum Gasteiger partial charge on any atom is 0.322 e. The molecule has 2 aliphatic heterocycles. The van der Waals surface area contributed by atoms with Crippen molar-refractivity contribution in [3.05, 3.63) is 93.6 Å². The lowest BCUT2D eigenvalue weighted by atomic mass is 9.95. The third-order valence-corrected chi connectivity index (χ3v) is 8.77. The molecule has 0 radical (unpaired) electrons. The first-order chi connectivity index (χ1) is 18.5. The summed E-state index contributed by atoms with van der Waals surface area (Å²) in [6.07, 6.45) is 6.24. The maximum absolute atomic E-state index is 14.5. The highest BCUT2D eigenvalue weighted by Crippen LogP contribution is 2.44. The van der Waals surface area contributed by atoms with Gasteiger partial charge in [-0.15, -0.1) is 11.3 Å². The molecule has 0 fully saturated rings. The minimum Gasteiger partial charge on any atom is -0.486 e. The number of aromatic nitrogens is 1. The first kappa shape index (κ1) is 23.3. The molecule has 2 amide bonds. The molecule has 194 valence electrons. The second-order valence-corrected chi connectivity index (χ2v) is 10.9. The highest BCUT2D eigenvalue weighted by molar-refractivity contribution is 7.15. The van der Waals surface area contributed by atoms with Gasteiger partial charge in [-0.25, -0.2) is 13.6 Å². The van der Waals surface area contributed by atoms with Crippen molar-refractivity contribution in [1.82, 2.24) is 9.47 Å². The van der Waals surface area contributed by atoms with Crippen LogP contribution in [-0.4, -0.2) is 28.7 Å². The fourth-order valence-electron chi connectivity index (χ4n) is 5.79. The van der Waals surface area contributed by atoms with Crippen LogP contribution in [0.5, 0.6) is 11.5 Å². The lowest BCUT2D eigenvalue weighted by Crippen LogP contribution is -2.38. The summed E-state index contributed by atoms with van der Waals surface area (Å²) >= 11 is 1.76. The van der Waals surface area contributed by atoms with Crippen molar-refractivity contribution in [3.8, 4) is 16.5 Å². The largest absolute Gasteiger partial charge is 0.486 e. The minimum atomic E-state index is -0.703. The molecule has 3 aliphatic rings. The van der Waals surface area contributed by atoms with Gasteiger partial charge in [-0.05, 0) is 73.2 Å². The SMILES string of the molecule is O=C(Nc1ccc2c(c1)OCCO2)N1Cc2c(sc3c2CCCC3)-n2cccc2[C@H]1c1cc(F)cc(F)c1. The van der Waals surface area contributed by atoms with Gasteiger partial charge in [-0.2, -0.15) is 0 Å². The highest BCUT2D eigenvalue weighted by Gasteiger charge is 2.36. The summed E-state index contributed by atoms with van der Waals surface area (Å²) in [6, 6.07) is 11.5. The third-order valence-electron chi connectivity index (χ3n) is 7.43. The van der Waals surface area contributed by atoms with Crippen LogP contribution in [0, 0.1) is 11.6 Å². The number of urea groups is 1. The number of carbonyl (C=O) groups is 1. The van der Waals surface area contributed by atoms with E-state index in [-0.39, 0.29) is 6.03 Å². The third kappa shape index (κ3) is 3.93. The summed E-state index contributed by atoms with van der Waals surface area (Å²) < 4.78 is 42.3. The van der Waals surface area contributed by atoms with Crippen LogP contribution in [0.4, 0.5) is 19.3 Å². The van der Waals surface area contributed by atoms with Crippen molar-refractivity contribution in [1.29, 1.82) is 0 Å². The molecule has 2 aromatic carbocycles. The average Bonchev–Trinajstić information content (AvgIpc) is 3.50. The molecule has 9 heteroatoms. The van der Waals surface area contributed by atoms with Crippen molar-refractivity contribution >= 4 is 23.1 Å². The number of nitrogens with one attached hydrogen (secondary N) is 1. The number of hydrogen-bond acceptors (Lipinski definition) is 4. The van der Waals surface area contributed by atoms with Crippen LogP contribution in [0.3, 0.4) is 0 Å². The lowest BCUT2D eigenvalue weighted by Gasteiger charge is -2.31. The number of amides is 2. The summed E-state index contributed by atoms with van der Waals surface area (Å²) in [6.45, 7) is 1.24. The summed E-state index contributed by atoms with van der Waals surface area (Å²) in [4.78, 5) is 17.1. The van der Waals surface area contributed by atoms with E-state index in [0.29, 0.717) is 42.5 Å². The fraction of sp³-hybridized carbons (Fsp3) is 0.276. The number of nitrogens with zero attached hydrogens (tertiary/aromatic N) is 2. The Morgan fingerprint density at radius 1 is 0.947 bits per heavy atom. The Balaban J connectivity index is 1.35. The van der Waals surface area contributed by atoms with Gasteiger partial charge in [0.05, 0.1) is 12.2 Å². The van der Waals surface area contributed by atoms with Gasteiger partial charge in [0, 0.05) is 34.5 Å². The van der Waals surface area contributed by atoms with Crippen LogP contribution in [0.25, 0.3) is 5.00 Å². The van der Waals surface area contributed by atoms with E-state index < -0.39 is 17.7 Å². The van der Waals surface area contributed by atoms with Gasteiger partial charge in [-0.1, -0.05) is 0 Å². The van der Waals surface area contributed by atoms with Gasteiger partial charge < -0.3 is 24.3 Å². The molecule has 0 unspecified atom stereocenters. The average molecular weight is 534 g/mol. The van der Waals surface area contributed by atoms with Gasteiger partial charge in [0.15, 0.2) is 11.5 Å². The standard InChI is InChI=1S/C29H25F2N3O3S/c30-18-12-17(13-19(31)14-18)27-23-5-3-9-33(23)28-22(21-4-1-2-6-26(21)38-28)16-34(27)29(35)32-20-7-8-24-25(15-20)37-11-10-36-24/h3,5,7-9,12-15,27H,1-2,4,6,10-11,16H2,(H,32,35)/t27-/m1/s1. The zero-order valence-corrected chi connectivity index (χ0v) is 21.3. The number of ether oxygens (including phenoxy) is 2. The second kappa shape index (κ2) is 9.16. The molecular weight excluding hydrogens is 508 g/mol. The predicted molar refractivity (Wildman–Crippen MR) is 140 cm³/mol. The molecule has 0 saturated heterocycles.